The summed E-state index contributed by atoms with van der Waals surface area (Å²) in [4.78, 5) is 28.7. The average Bonchev–Trinajstić information content (AvgIpc) is 3.14. The van der Waals surface area contributed by atoms with Crippen LogP contribution in [0.15, 0.2) is 23.3 Å². The number of carbonyl (C=O) groups is 1. The Bertz CT molecular complexity index is 1020. The molecule has 1 aliphatic rings. The summed E-state index contributed by atoms with van der Waals surface area (Å²) in [5, 5.41) is 4.26. The lowest BCUT2D eigenvalue weighted by Gasteiger charge is -2.35. The van der Waals surface area contributed by atoms with Crippen LogP contribution < -0.4 is 5.56 Å². The largest absolute Gasteiger partial charge is 0.341 e. The second kappa shape index (κ2) is 6.54. The Labute approximate surface area is 156 Å². The number of piperidine rings is 1. The number of hydrogen-bond donors (Lipinski definition) is 0. The third kappa shape index (κ3) is 2.94. The maximum Gasteiger partial charge on any atom is 0.291 e. The summed E-state index contributed by atoms with van der Waals surface area (Å²) < 4.78 is 4.22. The van der Waals surface area contributed by atoms with Crippen LogP contribution in [0.2, 0.25) is 0 Å². The van der Waals surface area contributed by atoms with Gasteiger partial charge in [-0.05, 0) is 36.8 Å². The third-order valence-corrected chi connectivity index (χ3v) is 6.41. The predicted molar refractivity (Wildman–Crippen MR) is 104 cm³/mol. The van der Waals surface area contributed by atoms with Crippen molar-refractivity contribution in [2.45, 2.75) is 40.2 Å². The van der Waals surface area contributed by atoms with Gasteiger partial charge in [-0.25, -0.2) is 4.68 Å². The first kappa shape index (κ1) is 17.3. The zero-order valence-electron chi connectivity index (χ0n) is 15.4. The normalized spacial score (nSPS) is 21.0. The fourth-order valence-corrected chi connectivity index (χ4v) is 5.06. The van der Waals surface area contributed by atoms with E-state index < -0.39 is 0 Å². The minimum Gasteiger partial charge on any atom is -0.341 e. The van der Waals surface area contributed by atoms with Crippen molar-refractivity contribution in [1.82, 2.24) is 19.1 Å². The van der Waals surface area contributed by atoms with E-state index in [1.165, 1.54) is 9.56 Å². The van der Waals surface area contributed by atoms with Gasteiger partial charge in [-0.1, -0.05) is 20.8 Å². The Morgan fingerprint density at radius 3 is 2.65 bits per heavy atom. The number of fused-ring (bicyclic) bond motifs is 3. The first-order valence-corrected chi connectivity index (χ1v) is 10.0. The Kier molecular flexibility index (Phi) is 4.34. The molecule has 26 heavy (non-hydrogen) atoms. The number of amides is 1. The Morgan fingerprint density at radius 1 is 1.23 bits per heavy atom. The average molecular weight is 372 g/mol. The fourth-order valence-electron chi connectivity index (χ4n) is 4.03. The highest BCUT2D eigenvalue weighted by atomic mass is 32.1. The highest BCUT2D eigenvalue weighted by Gasteiger charge is 2.26. The lowest BCUT2D eigenvalue weighted by atomic mass is 9.92. The molecule has 1 amide bonds. The number of rotatable bonds is 3. The highest BCUT2D eigenvalue weighted by molar-refractivity contribution is 7.19. The summed E-state index contributed by atoms with van der Waals surface area (Å²) in [6, 6.07) is 4.02. The number of carbonyl (C=O) groups excluding carboxylic acids is 1. The molecule has 3 aromatic heterocycles. The third-order valence-electron chi connectivity index (χ3n) is 5.19. The van der Waals surface area contributed by atoms with Gasteiger partial charge in [-0.3, -0.25) is 14.0 Å². The Balaban J connectivity index is 1.63. The molecule has 4 rings (SSSR count). The molecule has 0 radical (unpaired) electrons. The highest BCUT2D eigenvalue weighted by Crippen LogP contribution is 2.28. The van der Waals surface area contributed by atoms with Gasteiger partial charge in [0.05, 0.1) is 10.2 Å². The zero-order chi connectivity index (χ0) is 18.4. The van der Waals surface area contributed by atoms with Crippen molar-refractivity contribution in [3.8, 4) is 0 Å². The van der Waals surface area contributed by atoms with Gasteiger partial charge in [-0.2, -0.15) is 5.10 Å². The topological polar surface area (TPSA) is 59.6 Å². The maximum atomic E-state index is 12.8. The molecule has 0 N–H and O–H groups in total. The van der Waals surface area contributed by atoms with E-state index >= 15 is 0 Å². The van der Waals surface area contributed by atoms with Gasteiger partial charge in [0.1, 0.15) is 18.4 Å². The van der Waals surface area contributed by atoms with E-state index in [9.17, 15) is 9.59 Å². The van der Waals surface area contributed by atoms with Crippen molar-refractivity contribution in [2.24, 2.45) is 11.8 Å². The van der Waals surface area contributed by atoms with Crippen LogP contribution in [-0.2, 0) is 17.8 Å². The quantitative estimate of drug-likeness (QED) is 0.710. The van der Waals surface area contributed by atoms with Crippen molar-refractivity contribution in [3.63, 3.8) is 0 Å². The van der Waals surface area contributed by atoms with Gasteiger partial charge in [-0.15, -0.1) is 11.3 Å². The second-order valence-corrected chi connectivity index (χ2v) is 8.72. The molecule has 6 nitrogen and oxygen atoms in total. The van der Waals surface area contributed by atoms with Crippen molar-refractivity contribution < 1.29 is 4.79 Å². The van der Waals surface area contributed by atoms with Gasteiger partial charge in [0.2, 0.25) is 5.91 Å². The zero-order valence-corrected chi connectivity index (χ0v) is 16.3. The van der Waals surface area contributed by atoms with Crippen LogP contribution in [0.1, 0.15) is 32.1 Å². The monoisotopic (exact) mass is 372 g/mol. The number of aromatic nitrogens is 3. The predicted octanol–water partition coefficient (Wildman–Crippen LogP) is 2.78. The molecule has 1 fully saturated rings. The van der Waals surface area contributed by atoms with Crippen molar-refractivity contribution in [1.29, 1.82) is 0 Å². The van der Waals surface area contributed by atoms with Crippen LogP contribution in [0.4, 0.5) is 0 Å². The van der Waals surface area contributed by atoms with Gasteiger partial charge < -0.3 is 4.90 Å². The van der Waals surface area contributed by atoms with E-state index in [1.807, 2.05) is 15.4 Å². The summed E-state index contributed by atoms with van der Waals surface area (Å²) in [6.45, 7) is 8.00. The molecule has 138 valence electrons. The first-order chi connectivity index (χ1) is 12.5. The summed E-state index contributed by atoms with van der Waals surface area (Å²) in [5.74, 6) is 0.976. The van der Waals surface area contributed by atoms with Gasteiger partial charge in [0.25, 0.3) is 5.56 Å². The SMILES string of the molecule is CCc1cc2c(cc3c(=O)n(CC(=O)N4C[C@H](C)C[C@H](C)C4)ncn32)s1. The molecule has 1 saturated heterocycles. The Hall–Kier alpha value is -2.15. The molecular weight excluding hydrogens is 348 g/mol. The number of aryl methyl sites for hydroxylation is 1. The minimum absolute atomic E-state index is 0.00775. The van der Waals surface area contributed by atoms with Crippen LogP contribution in [0.25, 0.3) is 15.7 Å². The van der Waals surface area contributed by atoms with Gasteiger partial charge in [0, 0.05) is 18.0 Å². The van der Waals surface area contributed by atoms with Crippen LogP contribution in [0.5, 0.6) is 0 Å². The van der Waals surface area contributed by atoms with Crippen LogP contribution >= 0.6 is 11.3 Å². The lowest BCUT2D eigenvalue weighted by Crippen LogP contribution is -2.45. The molecular formula is C19H24N4O2S. The number of likely N-dealkylation sites (tertiary alicyclic amines) is 1. The van der Waals surface area contributed by atoms with Crippen molar-refractivity contribution >= 4 is 33.0 Å². The molecule has 0 aliphatic carbocycles. The molecule has 1 aliphatic heterocycles. The molecule has 2 atom stereocenters. The van der Waals surface area contributed by atoms with E-state index in [0.717, 1.165) is 36.1 Å². The summed E-state index contributed by atoms with van der Waals surface area (Å²) >= 11 is 1.70. The molecule has 7 heteroatoms. The Morgan fingerprint density at radius 2 is 1.96 bits per heavy atom. The molecule has 0 unspecified atom stereocenters. The van der Waals surface area contributed by atoms with E-state index in [4.69, 9.17) is 0 Å². The molecule has 0 saturated carbocycles. The van der Waals surface area contributed by atoms with E-state index in [-0.39, 0.29) is 18.0 Å². The van der Waals surface area contributed by atoms with Crippen molar-refractivity contribution in [3.05, 3.63) is 33.7 Å². The standard InChI is InChI=1S/C19H24N4O2S/c1-4-14-6-15-17(26-14)7-16-19(25)23(20-11-22(15)16)10-18(24)21-8-12(2)5-13(3)9-21/h6-7,11-13H,4-5,8-10H2,1-3H3/t12-,13+. The van der Waals surface area contributed by atoms with Crippen LogP contribution in [-0.4, -0.2) is 38.1 Å². The molecule has 0 bridgehead atoms. The lowest BCUT2D eigenvalue weighted by molar-refractivity contribution is -0.134. The smallest absolute Gasteiger partial charge is 0.291 e. The summed E-state index contributed by atoms with van der Waals surface area (Å²) in [5.41, 5.74) is 1.39. The van der Waals surface area contributed by atoms with Gasteiger partial charge in [0.15, 0.2) is 0 Å². The molecule has 0 spiro atoms. The number of hydrogen-bond acceptors (Lipinski definition) is 4. The van der Waals surface area contributed by atoms with Crippen LogP contribution in [0.3, 0.4) is 0 Å². The van der Waals surface area contributed by atoms with E-state index in [2.05, 4.69) is 31.9 Å². The summed E-state index contributed by atoms with van der Waals surface area (Å²) in [7, 11) is 0. The number of nitrogens with zero attached hydrogens (tertiary/aromatic N) is 4. The molecule has 0 aromatic carbocycles. The van der Waals surface area contributed by atoms with E-state index in [0.29, 0.717) is 17.4 Å². The van der Waals surface area contributed by atoms with Crippen molar-refractivity contribution in [2.75, 3.05) is 13.1 Å². The fraction of sp³-hybridized carbons (Fsp3) is 0.526. The van der Waals surface area contributed by atoms with E-state index in [1.54, 1.807) is 17.7 Å². The van der Waals surface area contributed by atoms with Gasteiger partial charge >= 0.3 is 0 Å². The molecule has 4 heterocycles. The second-order valence-electron chi connectivity index (χ2n) is 7.55. The number of thiophene rings is 1. The first-order valence-electron chi connectivity index (χ1n) is 9.23. The van der Waals surface area contributed by atoms with Crippen LogP contribution in [0, 0.1) is 11.8 Å². The molecule has 3 aromatic rings. The minimum atomic E-state index is -0.208. The maximum absolute atomic E-state index is 12.8. The summed E-state index contributed by atoms with van der Waals surface area (Å²) in [6.07, 6.45) is 3.78.